The minimum Gasteiger partial charge on any atom is -0.496 e. The molecule has 0 heterocycles. The molecule has 0 amide bonds. The molecule has 0 bridgehead atoms. The molecule has 0 unspecified atom stereocenters. The summed E-state index contributed by atoms with van der Waals surface area (Å²) < 4.78 is 16.8. The van der Waals surface area contributed by atoms with Gasteiger partial charge in [0.25, 0.3) is 0 Å². The van der Waals surface area contributed by atoms with E-state index in [1.165, 1.54) is 0 Å². The van der Waals surface area contributed by atoms with Crippen molar-refractivity contribution < 1.29 is 14.2 Å². The summed E-state index contributed by atoms with van der Waals surface area (Å²) in [4.78, 5) is 0. The highest BCUT2D eigenvalue weighted by molar-refractivity contribution is 7.40. The molecule has 3 nitrogen and oxygen atoms in total. The molecule has 0 N–H and O–H groups in total. The number of methoxy groups -OCH3 is 3. The lowest BCUT2D eigenvalue weighted by atomic mass is 10.2. The highest BCUT2D eigenvalue weighted by Crippen LogP contribution is 2.24. The van der Waals surface area contributed by atoms with E-state index in [-0.39, 0.29) is 0 Å². The van der Waals surface area contributed by atoms with Crippen LogP contribution < -0.4 is 29.8 Å². The maximum Gasteiger partial charge on any atom is 0.248 e. The van der Waals surface area contributed by atoms with Crippen molar-refractivity contribution >= 4 is 34.0 Å². The van der Waals surface area contributed by atoms with Gasteiger partial charge in [-0.25, -0.2) is 0 Å². The zero-order valence-electron chi connectivity index (χ0n) is 17.8. The smallest absolute Gasteiger partial charge is 0.248 e. The summed E-state index contributed by atoms with van der Waals surface area (Å²) in [6, 6.07) is 18.7. The Morgan fingerprint density at radius 1 is 0.552 bits per heavy atom. The van der Waals surface area contributed by atoms with Crippen LogP contribution in [0.2, 0.25) is 0 Å². The molecular weight excluding hydrogens is 400 g/mol. The molecular formula is C24H27ClO3Si. The van der Waals surface area contributed by atoms with Gasteiger partial charge in [-0.1, -0.05) is 36.4 Å². The first-order chi connectivity index (χ1) is 13.8. The summed E-state index contributed by atoms with van der Waals surface area (Å²) in [6.45, 7) is 6.09. The fourth-order valence-corrected chi connectivity index (χ4v) is 7.59. The largest absolute Gasteiger partial charge is 0.496 e. The topological polar surface area (TPSA) is 27.7 Å². The third-order valence-corrected chi connectivity index (χ3v) is 10.7. The minimum absolute atomic E-state index is 0.832. The number of hydrogen-bond donors (Lipinski definition) is 0. The molecule has 3 aromatic carbocycles. The van der Waals surface area contributed by atoms with E-state index in [0.29, 0.717) is 0 Å². The van der Waals surface area contributed by atoms with Crippen LogP contribution in [-0.2, 0) is 0 Å². The average Bonchev–Trinajstić information content (AvgIpc) is 2.74. The summed E-state index contributed by atoms with van der Waals surface area (Å²) in [5.41, 5.74) is 3.23. The van der Waals surface area contributed by atoms with Crippen molar-refractivity contribution in [3.8, 4) is 17.2 Å². The van der Waals surface area contributed by atoms with Gasteiger partial charge in [-0.3, -0.25) is 0 Å². The van der Waals surface area contributed by atoms with E-state index in [1.54, 1.807) is 21.3 Å². The highest BCUT2D eigenvalue weighted by atomic mass is 35.6. The SMILES string of the molecule is COc1cc([Si](Cl)(c2ccc(C)c(OC)c2)c2ccc(C)c(OC)c2)ccc1C. The quantitative estimate of drug-likeness (QED) is 0.340. The molecule has 0 aliphatic heterocycles. The Morgan fingerprint density at radius 2 is 0.828 bits per heavy atom. The second-order valence-corrected chi connectivity index (χ2v) is 12.0. The summed E-state index contributed by atoms with van der Waals surface area (Å²) >= 11 is 7.63. The molecule has 0 radical (unpaired) electrons. The number of halogens is 1. The first-order valence-corrected chi connectivity index (χ1v) is 12.5. The molecule has 0 aliphatic carbocycles. The monoisotopic (exact) mass is 426 g/mol. The molecule has 0 aromatic heterocycles. The molecule has 0 aliphatic rings. The van der Waals surface area contributed by atoms with Crippen molar-refractivity contribution in [2.24, 2.45) is 0 Å². The fraction of sp³-hybridized carbons (Fsp3) is 0.250. The van der Waals surface area contributed by atoms with E-state index in [1.807, 2.05) is 20.8 Å². The van der Waals surface area contributed by atoms with Gasteiger partial charge in [-0.2, -0.15) is 0 Å². The Bertz CT molecular complexity index is 903. The van der Waals surface area contributed by atoms with Crippen LogP contribution in [0.15, 0.2) is 54.6 Å². The number of rotatable bonds is 6. The van der Waals surface area contributed by atoms with E-state index >= 15 is 0 Å². The van der Waals surface area contributed by atoms with Gasteiger partial charge < -0.3 is 14.2 Å². The normalized spacial score (nSPS) is 11.3. The average molecular weight is 427 g/mol. The van der Waals surface area contributed by atoms with E-state index < -0.39 is 7.38 Å². The summed E-state index contributed by atoms with van der Waals surface area (Å²) in [7, 11) is 2.21. The molecule has 5 heteroatoms. The van der Waals surface area contributed by atoms with Crippen LogP contribution in [0.1, 0.15) is 16.7 Å². The van der Waals surface area contributed by atoms with Gasteiger partial charge >= 0.3 is 0 Å². The molecule has 29 heavy (non-hydrogen) atoms. The predicted octanol–water partition coefficient (Wildman–Crippen LogP) is 3.84. The van der Waals surface area contributed by atoms with Crippen LogP contribution in [0, 0.1) is 20.8 Å². The molecule has 152 valence electrons. The Kier molecular flexibility index (Phi) is 6.25. The molecule has 0 saturated carbocycles. The number of hydrogen-bond acceptors (Lipinski definition) is 3. The third-order valence-electron chi connectivity index (χ3n) is 5.42. The molecule has 0 saturated heterocycles. The Balaban J connectivity index is 2.32. The van der Waals surface area contributed by atoms with Gasteiger partial charge in [0.05, 0.1) is 21.3 Å². The maximum atomic E-state index is 7.63. The van der Waals surface area contributed by atoms with Crippen LogP contribution in [0.4, 0.5) is 0 Å². The molecule has 3 rings (SSSR count). The van der Waals surface area contributed by atoms with Crippen molar-refractivity contribution in [2.75, 3.05) is 21.3 Å². The molecule has 0 atom stereocenters. The van der Waals surface area contributed by atoms with Crippen LogP contribution >= 0.6 is 11.1 Å². The summed E-state index contributed by atoms with van der Waals surface area (Å²) in [5, 5.41) is 3.16. The fourth-order valence-electron chi connectivity index (χ4n) is 3.60. The van der Waals surface area contributed by atoms with Crippen LogP contribution in [0.3, 0.4) is 0 Å². The van der Waals surface area contributed by atoms with E-state index in [0.717, 1.165) is 49.5 Å². The van der Waals surface area contributed by atoms with Crippen LogP contribution in [0.25, 0.3) is 0 Å². The Morgan fingerprint density at radius 3 is 1.07 bits per heavy atom. The lowest BCUT2D eigenvalue weighted by molar-refractivity contribution is 0.412. The van der Waals surface area contributed by atoms with Crippen molar-refractivity contribution in [3.63, 3.8) is 0 Å². The van der Waals surface area contributed by atoms with Gasteiger partial charge in [0.2, 0.25) is 7.38 Å². The number of benzene rings is 3. The summed E-state index contributed by atoms with van der Waals surface area (Å²) in [6.07, 6.45) is 0. The van der Waals surface area contributed by atoms with Gasteiger partial charge in [-0.05, 0) is 71.2 Å². The third kappa shape index (κ3) is 3.87. The van der Waals surface area contributed by atoms with Crippen molar-refractivity contribution in [3.05, 3.63) is 71.3 Å². The summed E-state index contributed by atoms with van der Waals surface area (Å²) in [5.74, 6) is 2.49. The van der Waals surface area contributed by atoms with Crippen molar-refractivity contribution in [1.29, 1.82) is 0 Å². The predicted molar refractivity (Wildman–Crippen MR) is 124 cm³/mol. The molecule has 0 spiro atoms. The lowest BCUT2D eigenvalue weighted by Gasteiger charge is -2.28. The van der Waals surface area contributed by atoms with Crippen molar-refractivity contribution in [1.82, 2.24) is 0 Å². The lowest BCUT2D eigenvalue weighted by Crippen LogP contribution is -2.63. The number of aryl methyl sites for hydroxylation is 3. The highest BCUT2D eigenvalue weighted by Gasteiger charge is 2.39. The first-order valence-electron chi connectivity index (χ1n) is 9.49. The second-order valence-electron chi connectivity index (χ2n) is 7.21. The van der Waals surface area contributed by atoms with E-state index in [2.05, 4.69) is 54.6 Å². The van der Waals surface area contributed by atoms with Gasteiger partial charge in [0.1, 0.15) is 17.2 Å². The first kappa shape index (κ1) is 21.3. The maximum absolute atomic E-state index is 7.63. The minimum atomic E-state index is -2.86. The molecule has 3 aromatic rings. The second kappa shape index (κ2) is 8.52. The van der Waals surface area contributed by atoms with Gasteiger partial charge in [-0.15, -0.1) is 11.1 Å². The molecule has 0 fully saturated rings. The zero-order chi connectivity index (χ0) is 21.2. The van der Waals surface area contributed by atoms with Crippen molar-refractivity contribution in [2.45, 2.75) is 20.8 Å². The standard InChI is InChI=1S/C24H27ClO3Si/c1-16-7-10-19(13-22(16)26-4)29(25,20-11-8-17(2)23(14-20)27-5)21-12-9-18(3)24(15-21)28-6/h7-15H,1-6H3. The van der Waals surface area contributed by atoms with E-state index in [4.69, 9.17) is 25.3 Å². The van der Waals surface area contributed by atoms with Gasteiger partial charge in [0, 0.05) is 0 Å². The Hall–Kier alpha value is -2.43. The number of ether oxygens (including phenoxy) is 3. The van der Waals surface area contributed by atoms with E-state index in [9.17, 15) is 0 Å². The Labute approximate surface area is 178 Å². The van der Waals surface area contributed by atoms with Crippen LogP contribution in [-0.4, -0.2) is 28.7 Å². The van der Waals surface area contributed by atoms with Gasteiger partial charge in [0.15, 0.2) is 0 Å². The zero-order valence-corrected chi connectivity index (χ0v) is 19.6. The van der Waals surface area contributed by atoms with Crippen LogP contribution in [0.5, 0.6) is 17.2 Å².